The second-order valence-electron chi connectivity index (χ2n) is 4.67. The number of nitrogens with one attached hydrogen (secondary N) is 1. The van der Waals surface area contributed by atoms with Crippen LogP contribution in [0.25, 0.3) is 11.3 Å². The summed E-state index contributed by atoms with van der Waals surface area (Å²) in [4.78, 5) is 4.68. The van der Waals surface area contributed by atoms with E-state index in [1.807, 2.05) is 7.05 Å². The van der Waals surface area contributed by atoms with Gasteiger partial charge in [-0.3, -0.25) is 0 Å². The Morgan fingerprint density at radius 3 is 3.12 bits per heavy atom. The van der Waals surface area contributed by atoms with Crippen molar-refractivity contribution >= 4 is 11.3 Å². The molecule has 2 aromatic rings. The first-order valence-corrected chi connectivity index (χ1v) is 6.99. The zero-order valence-corrected chi connectivity index (χ0v) is 10.8. The molecule has 0 aromatic carbocycles. The molecule has 3 nitrogen and oxygen atoms in total. The maximum Gasteiger partial charge on any atom is 0.0945 e. The van der Waals surface area contributed by atoms with Gasteiger partial charge in [-0.1, -0.05) is 0 Å². The molecule has 2 heterocycles. The minimum Gasteiger partial charge on any atom is -0.357 e. The summed E-state index contributed by atoms with van der Waals surface area (Å²) in [5.74, 6) is 0. The van der Waals surface area contributed by atoms with Gasteiger partial charge in [0.15, 0.2) is 0 Å². The summed E-state index contributed by atoms with van der Waals surface area (Å²) in [7, 11) is 2.04. The molecule has 17 heavy (non-hydrogen) atoms. The van der Waals surface area contributed by atoms with Gasteiger partial charge in [-0.05, 0) is 18.9 Å². The van der Waals surface area contributed by atoms with Crippen molar-refractivity contribution in [2.24, 2.45) is 7.05 Å². The summed E-state index contributed by atoms with van der Waals surface area (Å²) in [5.41, 5.74) is 2.32. The fourth-order valence-electron chi connectivity index (χ4n) is 1.88. The van der Waals surface area contributed by atoms with Crippen molar-refractivity contribution < 1.29 is 0 Å². The van der Waals surface area contributed by atoms with Crippen molar-refractivity contribution in [3.05, 3.63) is 28.8 Å². The quantitative estimate of drug-likeness (QED) is 0.879. The fourth-order valence-corrected chi connectivity index (χ4v) is 2.69. The van der Waals surface area contributed by atoms with Gasteiger partial charge in [0, 0.05) is 49.4 Å². The van der Waals surface area contributed by atoms with Crippen LogP contribution in [0.5, 0.6) is 0 Å². The Bertz CT molecular complexity index is 496. The molecule has 0 unspecified atom stereocenters. The summed E-state index contributed by atoms with van der Waals surface area (Å²) in [6.45, 7) is 1.06. The molecular formula is C13H17N3S. The van der Waals surface area contributed by atoms with Crippen molar-refractivity contribution in [1.29, 1.82) is 0 Å². The highest BCUT2D eigenvalue weighted by Gasteiger charge is 2.19. The molecule has 0 spiro atoms. The van der Waals surface area contributed by atoms with Crippen LogP contribution in [-0.4, -0.2) is 22.1 Å². The van der Waals surface area contributed by atoms with Gasteiger partial charge in [0.2, 0.25) is 0 Å². The van der Waals surface area contributed by atoms with Gasteiger partial charge in [-0.25, -0.2) is 4.98 Å². The highest BCUT2D eigenvalue weighted by atomic mass is 32.1. The van der Waals surface area contributed by atoms with E-state index >= 15 is 0 Å². The topological polar surface area (TPSA) is 29.9 Å². The Hall–Kier alpha value is -1.13. The van der Waals surface area contributed by atoms with Gasteiger partial charge in [0.1, 0.15) is 0 Å². The van der Waals surface area contributed by atoms with E-state index < -0.39 is 0 Å². The van der Waals surface area contributed by atoms with Gasteiger partial charge in [0.05, 0.1) is 10.7 Å². The Labute approximate surface area is 106 Å². The lowest BCUT2D eigenvalue weighted by Crippen LogP contribution is -2.19. The summed E-state index contributed by atoms with van der Waals surface area (Å²) in [5, 5.41) is 6.91. The Morgan fingerprint density at radius 2 is 2.41 bits per heavy atom. The van der Waals surface area contributed by atoms with Crippen LogP contribution >= 0.6 is 11.3 Å². The predicted molar refractivity (Wildman–Crippen MR) is 71.2 cm³/mol. The minimum absolute atomic E-state index is 0.795. The van der Waals surface area contributed by atoms with Crippen LogP contribution in [0, 0.1) is 0 Å². The lowest BCUT2D eigenvalue weighted by atomic mass is 10.3. The third kappa shape index (κ3) is 2.76. The highest BCUT2D eigenvalue weighted by molar-refractivity contribution is 7.09. The zero-order valence-electron chi connectivity index (χ0n) is 10.0. The van der Waals surface area contributed by atoms with Crippen LogP contribution in [0.3, 0.4) is 0 Å². The predicted octanol–water partition coefficient (Wildman–Crippen LogP) is 2.44. The normalized spacial score (nSPS) is 15.4. The van der Waals surface area contributed by atoms with Gasteiger partial charge >= 0.3 is 0 Å². The van der Waals surface area contributed by atoms with E-state index in [9.17, 15) is 0 Å². The second-order valence-corrected chi connectivity index (χ2v) is 5.61. The Kier molecular flexibility index (Phi) is 2.99. The largest absolute Gasteiger partial charge is 0.357 e. The molecule has 4 heteroatoms. The van der Waals surface area contributed by atoms with E-state index in [1.165, 1.54) is 23.4 Å². The number of hydrogen-bond donors (Lipinski definition) is 1. The Balaban J connectivity index is 1.61. The van der Waals surface area contributed by atoms with Crippen molar-refractivity contribution in [2.45, 2.75) is 25.3 Å². The molecule has 1 N–H and O–H groups in total. The van der Waals surface area contributed by atoms with Crippen LogP contribution in [0.4, 0.5) is 0 Å². The van der Waals surface area contributed by atoms with Crippen molar-refractivity contribution in [2.75, 3.05) is 6.54 Å². The molecule has 0 aliphatic heterocycles. The lowest BCUT2D eigenvalue weighted by Gasteiger charge is -1.98. The second kappa shape index (κ2) is 4.63. The van der Waals surface area contributed by atoms with Gasteiger partial charge < -0.3 is 9.88 Å². The Morgan fingerprint density at radius 1 is 1.53 bits per heavy atom. The van der Waals surface area contributed by atoms with Crippen LogP contribution in [0.15, 0.2) is 23.8 Å². The molecule has 3 rings (SSSR count). The molecule has 0 atom stereocenters. The van der Waals surface area contributed by atoms with E-state index in [0.29, 0.717) is 0 Å². The highest BCUT2D eigenvalue weighted by Crippen LogP contribution is 2.22. The van der Waals surface area contributed by atoms with Crippen LogP contribution in [0.1, 0.15) is 17.8 Å². The number of thiazole rings is 1. The molecule has 1 aliphatic rings. The summed E-state index contributed by atoms with van der Waals surface area (Å²) in [6, 6.07) is 2.91. The molecule has 0 bridgehead atoms. The lowest BCUT2D eigenvalue weighted by molar-refractivity contribution is 0.680. The van der Waals surface area contributed by atoms with E-state index in [1.54, 1.807) is 11.3 Å². The number of rotatable bonds is 5. The minimum atomic E-state index is 0.795. The molecule has 0 radical (unpaired) electrons. The van der Waals surface area contributed by atoms with Crippen LogP contribution in [-0.2, 0) is 13.5 Å². The molecule has 1 saturated carbocycles. The molecule has 1 aliphatic carbocycles. The molecule has 2 aromatic heterocycles. The van der Waals surface area contributed by atoms with Crippen LogP contribution in [0.2, 0.25) is 0 Å². The third-order valence-corrected chi connectivity index (χ3v) is 3.94. The standard InChI is InChI=1S/C13H17N3S/c1-16-7-5-10(8-16)12-9-17-13(15-12)4-6-14-11-2-3-11/h5,7-9,11,14H,2-4,6H2,1H3. The van der Waals surface area contributed by atoms with Crippen molar-refractivity contribution in [3.8, 4) is 11.3 Å². The van der Waals surface area contributed by atoms with Gasteiger partial charge in [-0.15, -0.1) is 11.3 Å². The molecule has 90 valence electrons. The first-order chi connectivity index (χ1) is 8.31. The first kappa shape index (κ1) is 11.0. The summed E-state index contributed by atoms with van der Waals surface area (Å²) in [6.07, 6.45) is 7.93. The van der Waals surface area contributed by atoms with Gasteiger partial charge in [0.25, 0.3) is 0 Å². The van der Waals surface area contributed by atoms with Crippen molar-refractivity contribution in [3.63, 3.8) is 0 Å². The SMILES string of the molecule is Cn1ccc(-c2csc(CCNC3CC3)n2)c1. The number of aromatic nitrogens is 2. The molecule has 0 saturated heterocycles. The monoisotopic (exact) mass is 247 g/mol. The first-order valence-electron chi connectivity index (χ1n) is 6.11. The van der Waals surface area contributed by atoms with E-state index in [0.717, 1.165) is 24.7 Å². The number of nitrogens with zero attached hydrogens (tertiary/aromatic N) is 2. The summed E-state index contributed by atoms with van der Waals surface area (Å²) < 4.78 is 2.06. The van der Waals surface area contributed by atoms with Gasteiger partial charge in [-0.2, -0.15) is 0 Å². The summed E-state index contributed by atoms with van der Waals surface area (Å²) >= 11 is 1.77. The molecule has 1 fully saturated rings. The van der Waals surface area contributed by atoms with E-state index in [4.69, 9.17) is 0 Å². The van der Waals surface area contributed by atoms with Crippen LogP contribution < -0.4 is 5.32 Å². The van der Waals surface area contributed by atoms with E-state index in [-0.39, 0.29) is 0 Å². The average Bonchev–Trinajstić information content (AvgIpc) is 2.85. The third-order valence-electron chi connectivity index (χ3n) is 3.03. The van der Waals surface area contributed by atoms with E-state index in [2.05, 4.69) is 38.7 Å². The number of aryl methyl sites for hydroxylation is 1. The molecular weight excluding hydrogens is 230 g/mol. The number of hydrogen-bond acceptors (Lipinski definition) is 3. The fraction of sp³-hybridized carbons (Fsp3) is 0.462. The maximum absolute atomic E-state index is 4.68. The smallest absolute Gasteiger partial charge is 0.0945 e. The van der Waals surface area contributed by atoms with Crippen molar-refractivity contribution in [1.82, 2.24) is 14.9 Å². The zero-order chi connectivity index (χ0) is 11.7. The maximum atomic E-state index is 4.68. The molecule has 0 amide bonds. The average molecular weight is 247 g/mol.